The molecule has 6 aromatic carbocycles. The van der Waals surface area contributed by atoms with Crippen molar-refractivity contribution in [2.24, 2.45) is 0 Å². The van der Waals surface area contributed by atoms with E-state index in [2.05, 4.69) is 170 Å². The van der Waals surface area contributed by atoms with Crippen molar-refractivity contribution in [2.45, 2.75) is 22.3 Å². The zero-order valence-corrected chi connectivity index (χ0v) is 36.9. The first-order valence-corrected chi connectivity index (χ1v) is 22.7. The lowest BCUT2D eigenvalue weighted by molar-refractivity contribution is 0.0128. The van der Waals surface area contributed by atoms with Gasteiger partial charge >= 0.3 is 0 Å². The highest BCUT2D eigenvalue weighted by atomic mass is 32.2. The predicted octanol–water partition coefficient (Wildman–Crippen LogP) is 10.8. The Bertz CT molecular complexity index is 1900. The Morgan fingerprint density at radius 3 is 0.857 bits per heavy atom. The van der Waals surface area contributed by atoms with Crippen molar-refractivity contribution in [1.29, 1.82) is 0 Å². The third-order valence-corrected chi connectivity index (χ3v) is 12.8. The van der Waals surface area contributed by atoms with Crippen molar-refractivity contribution in [1.82, 2.24) is 0 Å². The molecular formula is C54H60F2O6S. The molecule has 0 saturated carbocycles. The van der Waals surface area contributed by atoms with Gasteiger partial charge in [-0.3, -0.25) is 0 Å². The van der Waals surface area contributed by atoms with E-state index >= 15 is 0 Å². The third-order valence-electron chi connectivity index (χ3n) is 10.8. The first kappa shape index (κ1) is 47.8. The number of hydrogen-bond acceptors (Lipinski definition) is 7. The number of ether oxygens (including phenoxy) is 6. The summed E-state index contributed by atoms with van der Waals surface area (Å²) in [6.45, 7) is 3.46. The van der Waals surface area contributed by atoms with Gasteiger partial charge in [0.1, 0.15) is 13.3 Å². The smallest absolute Gasteiger partial charge is 0.113 e. The molecular weight excluding hydrogens is 813 g/mol. The Kier molecular flexibility index (Phi) is 20.3. The Morgan fingerprint density at radius 1 is 0.302 bits per heavy atom. The molecule has 6 nitrogen and oxygen atoms in total. The summed E-state index contributed by atoms with van der Waals surface area (Å²) in [5, 5.41) is 0. The number of thioether (sulfide) groups is 1. The molecule has 0 unspecified atom stereocenters. The summed E-state index contributed by atoms with van der Waals surface area (Å²) < 4.78 is 57.4. The van der Waals surface area contributed by atoms with Gasteiger partial charge in [-0.05, 0) is 57.3 Å². The third kappa shape index (κ3) is 13.2. The fourth-order valence-electron chi connectivity index (χ4n) is 7.94. The van der Waals surface area contributed by atoms with Crippen LogP contribution >= 0.6 is 11.8 Å². The molecule has 0 saturated heterocycles. The van der Waals surface area contributed by atoms with Crippen LogP contribution < -0.4 is 0 Å². The lowest BCUT2D eigenvalue weighted by atomic mass is 9.80. The van der Waals surface area contributed by atoms with Gasteiger partial charge in [-0.25, -0.2) is 8.78 Å². The van der Waals surface area contributed by atoms with E-state index in [-0.39, 0.29) is 13.2 Å². The van der Waals surface area contributed by atoms with Crippen LogP contribution in [-0.2, 0) is 50.8 Å². The molecule has 0 heterocycles. The monoisotopic (exact) mass is 872 g/mol. The number of benzene rings is 6. The van der Waals surface area contributed by atoms with Gasteiger partial charge in [-0.2, -0.15) is 0 Å². The zero-order valence-electron chi connectivity index (χ0n) is 36.1. The molecule has 6 rings (SSSR count). The Hall–Kier alpha value is -4.71. The van der Waals surface area contributed by atoms with E-state index in [1.165, 1.54) is 22.3 Å². The standard InChI is InChI=1S/C54H60F2O6S/c55-31-35-59-39-43-61-41-37-57-33-29-45-17-13-15-27-51(45)53(47-19-5-1-6-20-47,48-21-7-2-8-22-48)63-54(49-23-9-3-10-24-49,50-25-11-4-12-26-50)52-28-16-14-18-46(52)30-34-58-38-42-62-44-40-60-36-32-56/h1-28H,29-44H2/i55-1,56-1. The van der Waals surface area contributed by atoms with Gasteiger partial charge in [0.05, 0.1) is 88.8 Å². The Balaban J connectivity index is 1.43. The molecule has 0 aliphatic carbocycles. The fraction of sp³-hybridized carbons (Fsp3) is 0.333. The van der Waals surface area contributed by atoms with Crippen LogP contribution in [0.2, 0.25) is 0 Å². The van der Waals surface area contributed by atoms with Crippen LogP contribution in [0, 0.1) is 0 Å². The van der Waals surface area contributed by atoms with Crippen LogP contribution in [0.4, 0.5) is 8.78 Å². The highest BCUT2D eigenvalue weighted by Gasteiger charge is 2.50. The van der Waals surface area contributed by atoms with Crippen molar-refractivity contribution in [2.75, 3.05) is 92.6 Å². The number of rotatable bonds is 30. The van der Waals surface area contributed by atoms with Crippen LogP contribution in [0.1, 0.15) is 44.5 Å². The highest BCUT2D eigenvalue weighted by molar-refractivity contribution is 8.02. The number of alkyl halides is 2. The molecule has 0 N–H and O–H groups in total. The molecule has 0 spiro atoms. The van der Waals surface area contributed by atoms with E-state index < -0.39 is 22.8 Å². The number of hydrogen-bond donors (Lipinski definition) is 0. The molecule has 6 aromatic rings. The second-order valence-corrected chi connectivity index (χ2v) is 16.2. The lowest BCUT2D eigenvalue weighted by Crippen LogP contribution is -2.37. The van der Waals surface area contributed by atoms with Crippen LogP contribution in [0.3, 0.4) is 0 Å². The summed E-state index contributed by atoms with van der Waals surface area (Å²) in [4.78, 5) is 0. The maximum atomic E-state index is 12.4. The van der Waals surface area contributed by atoms with Crippen molar-refractivity contribution >= 4 is 11.8 Å². The van der Waals surface area contributed by atoms with Crippen molar-refractivity contribution in [3.8, 4) is 0 Å². The van der Waals surface area contributed by atoms with Crippen molar-refractivity contribution in [3.05, 3.63) is 214 Å². The minimum Gasteiger partial charge on any atom is -0.379 e. The average molecular weight is 873 g/mol. The van der Waals surface area contributed by atoms with Crippen LogP contribution in [-0.4, -0.2) is 92.6 Å². The van der Waals surface area contributed by atoms with Crippen LogP contribution in [0.5, 0.6) is 0 Å². The minimum absolute atomic E-state index is 0.0870. The van der Waals surface area contributed by atoms with Gasteiger partial charge in [-0.15, -0.1) is 11.8 Å². The molecule has 0 aliphatic rings. The minimum atomic E-state index is -0.748. The largest absolute Gasteiger partial charge is 0.379 e. The van der Waals surface area contributed by atoms with Crippen LogP contribution in [0.25, 0.3) is 0 Å². The first-order valence-electron chi connectivity index (χ1n) is 21.9. The second-order valence-electron chi connectivity index (χ2n) is 14.8. The Morgan fingerprint density at radius 2 is 0.556 bits per heavy atom. The maximum absolute atomic E-state index is 12.4. The van der Waals surface area contributed by atoms with E-state index in [1.807, 2.05) is 11.8 Å². The summed E-state index contributed by atoms with van der Waals surface area (Å²) in [6, 6.07) is 61.1. The topological polar surface area (TPSA) is 55.4 Å². The van der Waals surface area contributed by atoms with Gasteiger partial charge in [0, 0.05) is 0 Å². The second kappa shape index (κ2) is 26.8. The average Bonchev–Trinajstić information content (AvgIpc) is 3.35. The van der Waals surface area contributed by atoms with Gasteiger partial charge < -0.3 is 28.4 Å². The molecule has 0 fully saturated rings. The predicted molar refractivity (Wildman–Crippen MR) is 250 cm³/mol. The molecule has 0 aromatic heterocycles. The first-order chi connectivity index (χ1) is 31.2. The van der Waals surface area contributed by atoms with Gasteiger partial charge in [-0.1, -0.05) is 170 Å². The SMILES string of the molecule is [18F]CCOCCOCCOCCc1ccccc1C(SC(c1ccccc1)(c1ccccc1)c1ccccc1CCOCCOCCOCC[18F])(c1ccccc1)c1ccccc1. The molecule has 332 valence electrons. The van der Waals surface area contributed by atoms with Gasteiger partial charge in [0.25, 0.3) is 0 Å². The summed E-state index contributed by atoms with van der Waals surface area (Å²) in [5.41, 5.74) is 9.37. The van der Waals surface area contributed by atoms with E-state index in [0.29, 0.717) is 78.9 Å². The molecule has 63 heavy (non-hydrogen) atoms. The highest BCUT2D eigenvalue weighted by Crippen LogP contribution is 2.62. The van der Waals surface area contributed by atoms with Gasteiger partial charge in [0.15, 0.2) is 0 Å². The molecule has 9 heteroatoms. The van der Waals surface area contributed by atoms with E-state index in [9.17, 15) is 8.78 Å². The van der Waals surface area contributed by atoms with Crippen molar-refractivity contribution in [3.63, 3.8) is 0 Å². The van der Waals surface area contributed by atoms with E-state index in [1.54, 1.807) is 0 Å². The zero-order chi connectivity index (χ0) is 43.7. The van der Waals surface area contributed by atoms with E-state index in [4.69, 9.17) is 28.4 Å². The summed E-state index contributed by atoms with van der Waals surface area (Å²) >= 11 is 1.96. The number of halogens is 2. The molecule has 0 aliphatic heterocycles. The summed E-state index contributed by atoms with van der Waals surface area (Å²) in [6.07, 6.45) is 1.37. The normalized spacial score (nSPS) is 11.8. The van der Waals surface area contributed by atoms with Crippen LogP contribution in [0.15, 0.2) is 170 Å². The van der Waals surface area contributed by atoms with Gasteiger partial charge in [0.2, 0.25) is 0 Å². The Labute approximate surface area is 376 Å². The molecule has 0 bridgehead atoms. The molecule has 0 radical (unpaired) electrons. The van der Waals surface area contributed by atoms with Crippen molar-refractivity contribution < 1.29 is 37.2 Å². The quantitative estimate of drug-likeness (QED) is 0.0330. The fourth-order valence-corrected chi connectivity index (χ4v) is 10.0. The maximum Gasteiger partial charge on any atom is 0.113 e. The lowest BCUT2D eigenvalue weighted by Gasteiger charge is -2.46. The summed E-state index contributed by atoms with van der Waals surface area (Å²) in [5.74, 6) is 0. The van der Waals surface area contributed by atoms with E-state index in [0.717, 1.165) is 22.3 Å². The summed E-state index contributed by atoms with van der Waals surface area (Å²) in [7, 11) is 0. The molecule has 0 amide bonds. The molecule has 0 atom stereocenters.